The highest BCUT2D eigenvalue weighted by molar-refractivity contribution is 9.10. The Morgan fingerprint density at radius 3 is 2.22 bits per heavy atom. The SMILES string of the molecule is CCCCc1cccc2c3[n+](ccc12)C(CC)(C1C[n+]2ccc4ccccc4c2-c2cc(-c4ccc5c(c4)-c4cccc6c4C5C4C=CC=CC4C6(C)C)ccc21)C(C)(CC)c1ccc(Br)cc1-3. The molecule has 4 heterocycles. The molecule has 3 heteroatoms. The number of benzene rings is 6. The van der Waals surface area contributed by atoms with Crippen LogP contribution in [0.2, 0.25) is 0 Å². The van der Waals surface area contributed by atoms with E-state index in [2.05, 4.69) is 231 Å². The molecule has 68 heavy (non-hydrogen) atoms. The molecule has 0 N–H and O–H groups in total. The minimum atomic E-state index is -0.303. The van der Waals surface area contributed by atoms with Gasteiger partial charge in [0.15, 0.2) is 24.5 Å². The smallest absolute Gasteiger partial charge is 0.197 e. The maximum absolute atomic E-state index is 3.96. The van der Waals surface area contributed by atoms with Crippen molar-refractivity contribution in [1.82, 2.24) is 0 Å². The van der Waals surface area contributed by atoms with Gasteiger partial charge in [-0.3, -0.25) is 0 Å². The number of pyridine rings is 2. The van der Waals surface area contributed by atoms with Gasteiger partial charge in [0.05, 0.1) is 27.3 Å². The van der Waals surface area contributed by atoms with Crippen LogP contribution in [0.15, 0.2) is 169 Å². The van der Waals surface area contributed by atoms with E-state index in [1.807, 2.05) is 0 Å². The quantitative estimate of drug-likeness (QED) is 0.141. The van der Waals surface area contributed by atoms with Crippen LogP contribution in [0, 0.1) is 11.8 Å². The standard InChI is InChI=1S/C65H61BrN2/c1-7-10-17-40-19-15-23-50-45(40)33-35-68-62(50)54-38-44(66)28-31-56(54)64(6,8-2)65(68,9-3)58-39-67-34-32-41-18-11-12-20-46(41)61(67)53-37-43(26-29-47(53)58)42-27-30-49-52(36-42)48-22-16-25-57-60(48)59(49)51-21-13-14-24-55(51)63(57,4)5/h11-16,18-38,51,55,58-59H,7-10,17,39H2,1-6H3/q+2. The van der Waals surface area contributed by atoms with E-state index >= 15 is 0 Å². The first kappa shape index (κ1) is 42.2. The third-order valence-electron chi connectivity index (χ3n) is 18.4. The third-order valence-corrected chi connectivity index (χ3v) is 18.9. The van der Waals surface area contributed by atoms with Gasteiger partial charge in [-0.2, -0.15) is 9.13 Å². The summed E-state index contributed by atoms with van der Waals surface area (Å²) < 4.78 is 6.55. The number of rotatable bonds is 7. The molecule has 8 aromatic rings. The molecule has 2 aromatic heterocycles. The Bertz CT molecular complexity index is 3500. The molecule has 2 aliphatic heterocycles. The molecule has 0 fully saturated rings. The number of aromatic nitrogens is 2. The molecular formula is C65H61BrN2+2. The fourth-order valence-electron chi connectivity index (χ4n) is 15.1. The second-order valence-electron chi connectivity index (χ2n) is 21.6. The third kappa shape index (κ3) is 5.57. The van der Waals surface area contributed by atoms with Gasteiger partial charge in [-0.25, -0.2) is 0 Å². The van der Waals surface area contributed by atoms with Crippen LogP contribution in [0.5, 0.6) is 0 Å². The molecule has 6 atom stereocenters. The van der Waals surface area contributed by atoms with Crippen LogP contribution in [0.4, 0.5) is 0 Å². The number of hydrogen-bond donors (Lipinski definition) is 0. The minimum absolute atomic E-state index is 0.0615. The fourth-order valence-corrected chi connectivity index (χ4v) is 15.5. The molecule has 0 bridgehead atoms. The first-order valence-corrected chi connectivity index (χ1v) is 26.4. The summed E-state index contributed by atoms with van der Waals surface area (Å²) in [5.74, 6) is 1.47. The van der Waals surface area contributed by atoms with Crippen LogP contribution in [-0.2, 0) is 29.3 Å². The summed E-state index contributed by atoms with van der Waals surface area (Å²) in [6, 6.07) is 50.3. The largest absolute Gasteiger partial charge is 0.221 e. The number of unbranched alkanes of at least 4 members (excludes halogenated alkanes) is 1. The predicted molar refractivity (Wildman–Crippen MR) is 285 cm³/mol. The first-order chi connectivity index (χ1) is 33.1. The van der Waals surface area contributed by atoms with Gasteiger partial charge in [0, 0.05) is 28.9 Å². The minimum Gasteiger partial charge on any atom is -0.197 e. The Morgan fingerprint density at radius 1 is 0.618 bits per heavy atom. The lowest BCUT2D eigenvalue weighted by atomic mass is 9.53. The van der Waals surface area contributed by atoms with Crippen molar-refractivity contribution in [3.05, 3.63) is 202 Å². The number of allylic oxidation sites excluding steroid dienone is 4. The number of nitrogens with zero attached hydrogens (tertiary/aromatic N) is 2. The highest BCUT2D eigenvalue weighted by Gasteiger charge is 2.66. The van der Waals surface area contributed by atoms with Crippen LogP contribution in [0.3, 0.4) is 0 Å². The van der Waals surface area contributed by atoms with E-state index in [4.69, 9.17) is 0 Å². The Kier molecular flexibility index (Phi) is 9.50. The average molecular weight is 950 g/mol. The van der Waals surface area contributed by atoms with E-state index in [1.165, 1.54) is 107 Å². The maximum Gasteiger partial charge on any atom is 0.221 e. The van der Waals surface area contributed by atoms with Crippen molar-refractivity contribution in [3.63, 3.8) is 0 Å². The van der Waals surface area contributed by atoms with Crippen molar-refractivity contribution in [2.45, 2.75) is 108 Å². The molecule has 6 aromatic carbocycles. The van der Waals surface area contributed by atoms with Crippen molar-refractivity contribution in [1.29, 1.82) is 0 Å². The van der Waals surface area contributed by atoms with E-state index in [-0.39, 0.29) is 22.3 Å². The second kappa shape index (κ2) is 15.3. The van der Waals surface area contributed by atoms with Gasteiger partial charge in [-0.1, -0.05) is 160 Å². The molecule has 13 rings (SSSR count). The summed E-state index contributed by atoms with van der Waals surface area (Å²) in [6.45, 7) is 15.6. The summed E-state index contributed by atoms with van der Waals surface area (Å²) in [5.41, 5.74) is 19.3. The summed E-state index contributed by atoms with van der Waals surface area (Å²) >= 11 is 3.96. The second-order valence-corrected chi connectivity index (χ2v) is 22.5. The average Bonchev–Trinajstić information content (AvgIpc) is 3.71. The fraction of sp³-hybridized carbons (Fsp3) is 0.292. The van der Waals surface area contributed by atoms with Crippen molar-refractivity contribution in [2.24, 2.45) is 11.8 Å². The van der Waals surface area contributed by atoms with Gasteiger partial charge in [0.25, 0.3) is 0 Å². The Morgan fingerprint density at radius 2 is 1.40 bits per heavy atom. The highest BCUT2D eigenvalue weighted by atomic mass is 79.9. The van der Waals surface area contributed by atoms with Gasteiger partial charge in [0.1, 0.15) is 5.92 Å². The molecule has 0 amide bonds. The molecule has 3 aliphatic carbocycles. The van der Waals surface area contributed by atoms with Gasteiger partial charge in [-0.05, 0) is 146 Å². The lowest BCUT2D eigenvalue weighted by molar-refractivity contribution is -0.786. The normalized spacial score (nSPS) is 24.2. The van der Waals surface area contributed by atoms with E-state index in [9.17, 15) is 0 Å². The number of halogens is 1. The van der Waals surface area contributed by atoms with Crippen LogP contribution >= 0.6 is 15.9 Å². The summed E-state index contributed by atoms with van der Waals surface area (Å²) in [6.07, 6.45) is 19.9. The van der Waals surface area contributed by atoms with Gasteiger partial charge in [0.2, 0.25) is 11.4 Å². The highest BCUT2D eigenvalue weighted by Crippen LogP contribution is 2.62. The number of hydrogen-bond acceptors (Lipinski definition) is 0. The molecule has 6 unspecified atom stereocenters. The summed E-state index contributed by atoms with van der Waals surface area (Å²) in [7, 11) is 0. The van der Waals surface area contributed by atoms with Crippen LogP contribution < -0.4 is 9.13 Å². The summed E-state index contributed by atoms with van der Waals surface area (Å²) in [5, 5.41) is 5.35. The lowest BCUT2D eigenvalue weighted by Gasteiger charge is -2.51. The van der Waals surface area contributed by atoms with Gasteiger partial charge in [-0.15, -0.1) is 0 Å². The van der Waals surface area contributed by atoms with Crippen molar-refractivity contribution < 1.29 is 9.13 Å². The van der Waals surface area contributed by atoms with Crippen LogP contribution in [0.1, 0.15) is 112 Å². The Labute approximate surface area is 411 Å². The van der Waals surface area contributed by atoms with Gasteiger partial charge >= 0.3 is 0 Å². The van der Waals surface area contributed by atoms with Gasteiger partial charge < -0.3 is 0 Å². The van der Waals surface area contributed by atoms with E-state index in [1.54, 1.807) is 5.56 Å². The van der Waals surface area contributed by atoms with Crippen molar-refractivity contribution in [2.75, 3.05) is 0 Å². The van der Waals surface area contributed by atoms with Crippen LogP contribution in [0.25, 0.3) is 66.3 Å². The molecule has 5 aliphatic rings. The Hall–Kier alpha value is -5.90. The Balaban J connectivity index is 1.04. The number of aryl methyl sites for hydroxylation is 1. The van der Waals surface area contributed by atoms with E-state index in [0.717, 1.165) is 30.3 Å². The van der Waals surface area contributed by atoms with Crippen molar-refractivity contribution >= 4 is 37.5 Å². The summed E-state index contributed by atoms with van der Waals surface area (Å²) in [4.78, 5) is 0. The zero-order valence-corrected chi connectivity index (χ0v) is 42.0. The molecule has 336 valence electrons. The molecular weight excluding hydrogens is 889 g/mol. The maximum atomic E-state index is 3.96. The molecule has 0 spiro atoms. The zero-order valence-electron chi connectivity index (χ0n) is 40.4. The zero-order chi connectivity index (χ0) is 46.3. The first-order valence-electron chi connectivity index (χ1n) is 25.6. The van der Waals surface area contributed by atoms with Crippen LogP contribution in [-0.4, -0.2) is 0 Å². The van der Waals surface area contributed by atoms with E-state index < -0.39 is 0 Å². The topological polar surface area (TPSA) is 7.76 Å². The molecule has 0 saturated carbocycles. The monoisotopic (exact) mass is 948 g/mol. The van der Waals surface area contributed by atoms with E-state index in [0.29, 0.717) is 17.8 Å². The molecule has 0 saturated heterocycles. The molecule has 0 radical (unpaired) electrons. The molecule has 2 nitrogen and oxygen atoms in total. The van der Waals surface area contributed by atoms with Crippen molar-refractivity contribution in [3.8, 4) is 44.8 Å². The predicted octanol–water partition coefficient (Wildman–Crippen LogP) is 16.0. The number of fused-ring (bicyclic) bond motifs is 15. The lowest BCUT2D eigenvalue weighted by Crippen LogP contribution is -2.73.